The van der Waals surface area contributed by atoms with E-state index in [1.54, 1.807) is 11.6 Å². The maximum atomic E-state index is 13.0. The second kappa shape index (κ2) is 14.3. The van der Waals surface area contributed by atoms with Gasteiger partial charge in [-0.3, -0.25) is 0 Å². The molecule has 0 spiro atoms. The van der Waals surface area contributed by atoms with Crippen molar-refractivity contribution in [2.75, 3.05) is 43.9 Å². The second-order valence-corrected chi connectivity index (χ2v) is 13.2. The zero-order valence-electron chi connectivity index (χ0n) is 23.7. The lowest BCUT2D eigenvalue weighted by Crippen LogP contribution is -2.46. The molecule has 0 unspecified atom stereocenters. The van der Waals surface area contributed by atoms with Gasteiger partial charge in [-0.2, -0.15) is 13.1 Å². The summed E-state index contributed by atoms with van der Waals surface area (Å²) in [4.78, 5) is 2.07. The number of sulfonamides is 1. The number of hydrogen-bond donors (Lipinski definition) is 3. The number of likely N-dealkylation sites (N-methyl/N-ethyl adjacent to an activating group) is 1. The number of aromatic nitrogens is 2. The van der Waals surface area contributed by atoms with Crippen LogP contribution in [-0.4, -0.2) is 64.7 Å². The highest BCUT2D eigenvalue weighted by Gasteiger charge is 2.32. The first-order valence-electron chi connectivity index (χ1n) is 12.9. The van der Waals surface area contributed by atoms with Crippen LogP contribution in [0.5, 0.6) is 5.75 Å². The van der Waals surface area contributed by atoms with Crippen LogP contribution >= 0.6 is 23.1 Å². The number of thiophene rings is 1. The lowest BCUT2D eigenvalue weighted by Gasteiger charge is -2.31. The van der Waals surface area contributed by atoms with E-state index in [4.69, 9.17) is 4.42 Å². The van der Waals surface area contributed by atoms with Crippen LogP contribution in [0, 0.1) is 0 Å². The summed E-state index contributed by atoms with van der Waals surface area (Å²) in [5.74, 6) is 1.35. The van der Waals surface area contributed by atoms with Crippen molar-refractivity contribution in [2.45, 2.75) is 71.1 Å². The number of piperazine rings is 1. The molecule has 0 atom stereocenters. The third-order valence-corrected chi connectivity index (χ3v) is 9.38. The maximum Gasteiger partial charge on any atom is 0.256 e. The lowest BCUT2D eigenvalue weighted by molar-refractivity contribution is 0.222. The van der Waals surface area contributed by atoms with Crippen LogP contribution in [0.4, 0.5) is 17.3 Å². The predicted octanol–water partition coefficient (Wildman–Crippen LogP) is 5.93. The van der Waals surface area contributed by atoms with Crippen molar-refractivity contribution < 1.29 is 17.9 Å². The number of nitrogens with one attached hydrogen (secondary N) is 2. The first-order chi connectivity index (χ1) is 18.0. The summed E-state index contributed by atoms with van der Waals surface area (Å²) in [7, 11) is -1.81. The Hall–Kier alpha value is -2.19. The highest BCUT2D eigenvalue weighted by atomic mass is 32.2. The second-order valence-electron chi connectivity index (χ2n) is 9.69. The molecule has 1 fully saturated rings. The van der Waals surface area contributed by atoms with Crippen LogP contribution in [0.1, 0.15) is 66.2 Å². The summed E-state index contributed by atoms with van der Waals surface area (Å²) < 4.78 is 41.5. The van der Waals surface area contributed by atoms with Gasteiger partial charge in [-0.15, -0.1) is 11.3 Å². The van der Waals surface area contributed by atoms with Gasteiger partial charge in [-0.25, -0.2) is 8.42 Å². The Bertz CT molecular complexity index is 1220. The molecule has 0 saturated carbocycles. The van der Waals surface area contributed by atoms with Gasteiger partial charge in [0.05, 0.1) is 30.2 Å². The standard InChI is InChI=1S/C20H28N6O4S3.C3H8.C2H6/c1-20(2,3)13-9-14(30-11-13)10-21-17-18(24-32-23-17)22-15-12-31-19(16(15)27)33(28,29)26-7-5-25(4)6-8-26;1-3-2;1-2/h9,11-12,27H,5-8,10H2,1-4H3,(H,21,23)(H,22,24);3H2,1-2H3;1-2H3. The van der Waals surface area contributed by atoms with Crippen molar-refractivity contribution in [1.29, 1.82) is 0 Å². The largest absolute Gasteiger partial charge is 0.504 e. The number of furan rings is 1. The van der Waals surface area contributed by atoms with Crippen molar-refractivity contribution in [3.8, 4) is 5.75 Å². The molecule has 13 heteroatoms. The van der Waals surface area contributed by atoms with Gasteiger partial charge >= 0.3 is 0 Å². The molecule has 3 N–H and O–H groups in total. The summed E-state index contributed by atoms with van der Waals surface area (Å²) in [6, 6.07) is 2.00. The van der Waals surface area contributed by atoms with Crippen molar-refractivity contribution >= 4 is 50.4 Å². The topological polar surface area (TPSA) is 124 Å². The Balaban J connectivity index is 0.000000947. The number of rotatable bonds is 7. The molecule has 0 bridgehead atoms. The average molecular weight is 587 g/mol. The number of aromatic hydroxyl groups is 1. The zero-order chi connectivity index (χ0) is 28.5. The smallest absolute Gasteiger partial charge is 0.256 e. The van der Waals surface area contributed by atoms with Crippen LogP contribution in [0.3, 0.4) is 0 Å². The molecule has 10 nitrogen and oxygen atoms in total. The highest BCUT2D eigenvalue weighted by Crippen LogP contribution is 2.41. The van der Waals surface area contributed by atoms with Crippen LogP contribution in [-0.2, 0) is 22.0 Å². The Morgan fingerprint density at radius 1 is 1.11 bits per heavy atom. The van der Waals surface area contributed by atoms with Gasteiger partial charge in [0.25, 0.3) is 10.0 Å². The van der Waals surface area contributed by atoms with E-state index in [0.29, 0.717) is 44.4 Å². The summed E-state index contributed by atoms with van der Waals surface area (Å²) in [5.41, 5.74) is 1.37. The molecule has 3 aromatic rings. The van der Waals surface area contributed by atoms with Crippen molar-refractivity contribution in [3.05, 3.63) is 29.0 Å². The van der Waals surface area contributed by atoms with E-state index in [0.717, 1.165) is 34.4 Å². The van der Waals surface area contributed by atoms with Gasteiger partial charge in [0.15, 0.2) is 21.6 Å². The molecule has 38 heavy (non-hydrogen) atoms. The fourth-order valence-electron chi connectivity index (χ4n) is 3.30. The maximum absolute atomic E-state index is 13.0. The van der Waals surface area contributed by atoms with Gasteiger partial charge in [0.2, 0.25) is 0 Å². The van der Waals surface area contributed by atoms with Crippen molar-refractivity contribution in [2.24, 2.45) is 0 Å². The molecule has 0 amide bonds. The third kappa shape index (κ3) is 8.15. The molecule has 1 saturated heterocycles. The first-order valence-corrected chi connectivity index (χ1v) is 15.9. The van der Waals surface area contributed by atoms with Gasteiger partial charge in [0.1, 0.15) is 5.76 Å². The Labute approximate surface area is 235 Å². The van der Waals surface area contributed by atoms with E-state index in [1.807, 2.05) is 27.0 Å². The number of nitrogens with zero attached hydrogens (tertiary/aromatic N) is 4. The monoisotopic (exact) mass is 586 g/mol. The Morgan fingerprint density at radius 2 is 1.71 bits per heavy atom. The van der Waals surface area contributed by atoms with Crippen LogP contribution < -0.4 is 10.6 Å². The molecule has 0 aromatic carbocycles. The summed E-state index contributed by atoms with van der Waals surface area (Å²) in [5, 5.41) is 18.4. The molecule has 3 aromatic heterocycles. The fourth-order valence-corrected chi connectivity index (χ4v) is 6.59. The van der Waals surface area contributed by atoms with Crippen LogP contribution in [0.15, 0.2) is 26.3 Å². The first kappa shape index (κ1) is 32.0. The Morgan fingerprint density at radius 3 is 2.29 bits per heavy atom. The van der Waals surface area contributed by atoms with E-state index < -0.39 is 10.0 Å². The normalized spacial score (nSPS) is 14.7. The minimum atomic E-state index is -3.77. The molecule has 4 heterocycles. The molecular formula is C25H42N6O4S3. The predicted molar refractivity (Wildman–Crippen MR) is 157 cm³/mol. The van der Waals surface area contributed by atoms with Gasteiger partial charge in [-0.05, 0) is 24.1 Å². The van der Waals surface area contributed by atoms with E-state index in [9.17, 15) is 13.5 Å². The zero-order valence-corrected chi connectivity index (χ0v) is 26.1. The molecule has 1 aliphatic heterocycles. The molecule has 0 aliphatic carbocycles. The molecule has 0 radical (unpaired) electrons. The quantitative estimate of drug-likeness (QED) is 0.309. The van der Waals surface area contributed by atoms with Gasteiger partial charge in [0, 0.05) is 31.6 Å². The number of anilines is 3. The minimum Gasteiger partial charge on any atom is -0.504 e. The summed E-state index contributed by atoms with van der Waals surface area (Å²) in [6.45, 7) is 17.1. The van der Waals surface area contributed by atoms with Gasteiger partial charge < -0.3 is 25.1 Å². The van der Waals surface area contributed by atoms with Crippen LogP contribution in [0.25, 0.3) is 0 Å². The molecule has 4 rings (SSSR count). The SMILES string of the molecule is CC.CCC.CN1CCN(S(=O)(=O)c2scc(Nc3nsnc3NCc3cc(C(C)(C)C)co3)c2O)CC1. The third-order valence-electron chi connectivity index (χ3n) is 5.46. The van der Waals surface area contributed by atoms with Crippen molar-refractivity contribution in [3.63, 3.8) is 0 Å². The molecule has 214 valence electrons. The van der Waals surface area contributed by atoms with E-state index in [-0.39, 0.29) is 21.1 Å². The number of hydrogen-bond acceptors (Lipinski definition) is 11. The highest BCUT2D eigenvalue weighted by molar-refractivity contribution is 7.91. The molecule has 1 aliphatic rings. The average Bonchev–Trinajstić information content (AvgIpc) is 3.61. The lowest BCUT2D eigenvalue weighted by atomic mass is 9.89. The molecular weight excluding hydrogens is 545 g/mol. The van der Waals surface area contributed by atoms with Gasteiger partial charge in [-0.1, -0.05) is 54.9 Å². The fraction of sp³-hybridized carbons (Fsp3) is 0.600. The van der Waals surface area contributed by atoms with E-state index in [1.165, 1.54) is 10.7 Å². The minimum absolute atomic E-state index is 0.00467. The van der Waals surface area contributed by atoms with Crippen LogP contribution in [0.2, 0.25) is 0 Å². The summed E-state index contributed by atoms with van der Waals surface area (Å²) in [6.07, 6.45) is 3.00. The van der Waals surface area contributed by atoms with E-state index >= 15 is 0 Å². The van der Waals surface area contributed by atoms with Crippen molar-refractivity contribution in [1.82, 2.24) is 18.0 Å². The van der Waals surface area contributed by atoms with E-state index in [2.05, 4.69) is 58.9 Å². The summed E-state index contributed by atoms with van der Waals surface area (Å²) >= 11 is 1.99. The Kier molecular flexibility index (Phi) is 12.0.